The molecule has 0 aliphatic heterocycles. The van der Waals surface area contributed by atoms with Crippen LogP contribution in [0.15, 0.2) is 18.2 Å². The molecule has 2 aromatic rings. The number of methoxy groups -OCH3 is 1. The summed E-state index contributed by atoms with van der Waals surface area (Å²) in [6.07, 6.45) is 2.78. The third kappa shape index (κ3) is 2.27. The lowest BCUT2D eigenvalue weighted by Gasteiger charge is -2.02. The highest BCUT2D eigenvalue weighted by molar-refractivity contribution is 6.05. The minimum atomic E-state index is -1.01. The summed E-state index contributed by atoms with van der Waals surface area (Å²) in [7, 11) is 2.96. The molecule has 104 valence electrons. The van der Waals surface area contributed by atoms with Crippen LogP contribution in [0.5, 0.6) is 0 Å². The Morgan fingerprint density at radius 2 is 2.10 bits per heavy atom. The third-order valence-electron chi connectivity index (χ3n) is 3.03. The van der Waals surface area contributed by atoms with Crippen molar-refractivity contribution in [2.75, 3.05) is 7.11 Å². The molecule has 0 spiro atoms. The van der Waals surface area contributed by atoms with Gasteiger partial charge in [0, 0.05) is 18.5 Å². The average molecular weight is 274 g/mol. The summed E-state index contributed by atoms with van der Waals surface area (Å²) in [5, 5.41) is 14.2. The molecule has 0 saturated heterocycles. The van der Waals surface area contributed by atoms with Crippen LogP contribution in [0.2, 0.25) is 0 Å². The van der Waals surface area contributed by atoms with Gasteiger partial charge in [-0.1, -0.05) is 6.07 Å². The minimum absolute atomic E-state index is 0.179. The van der Waals surface area contributed by atoms with E-state index in [4.69, 9.17) is 0 Å². The van der Waals surface area contributed by atoms with Gasteiger partial charge in [-0.3, -0.25) is 4.68 Å². The molecule has 1 heterocycles. The predicted molar refractivity (Wildman–Crippen MR) is 73.5 cm³/mol. The third-order valence-corrected chi connectivity index (χ3v) is 3.03. The van der Waals surface area contributed by atoms with Gasteiger partial charge in [-0.05, 0) is 24.6 Å². The monoisotopic (exact) mass is 274 g/mol. The van der Waals surface area contributed by atoms with Crippen LogP contribution < -0.4 is 0 Å². The highest BCUT2D eigenvalue weighted by Crippen LogP contribution is 2.26. The highest BCUT2D eigenvalue weighted by Gasteiger charge is 2.17. The first-order valence-corrected chi connectivity index (χ1v) is 5.91. The van der Waals surface area contributed by atoms with Crippen LogP contribution in [-0.4, -0.2) is 33.9 Å². The van der Waals surface area contributed by atoms with Gasteiger partial charge in [0.25, 0.3) is 0 Å². The second kappa shape index (κ2) is 5.16. The molecule has 6 nitrogen and oxygen atoms in total. The maximum Gasteiger partial charge on any atom is 0.337 e. The normalized spacial score (nSPS) is 11.2. The van der Waals surface area contributed by atoms with E-state index in [-0.39, 0.29) is 5.56 Å². The molecule has 0 bridgehead atoms. The molecule has 1 aromatic carbocycles. The number of carbonyl (C=O) groups is 2. The molecule has 2 rings (SSSR count). The summed E-state index contributed by atoms with van der Waals surface area (Å²) in [5.41, 5.74) is 2.14. The lowest BCUT2D eigenvalue weighted by Crippen LogP contribution is -2.01. The van der Waals surface area contributed by atoms with Crippen LogP contribution in [0, 0.1) is 6.92 Å². The van der Waals surface area contributed by atoms with Crippen molar-refractivity contribution in [1.82, 2.24) is 9.78 Å². The van der Waals surface area contributed by atoms with Gasteiger partial charge in [-0.25, -0.2) is 9.59 Å². The molecular weight excluding hydrogens is 260 g/mol. The maximum absolute atomic E-state index is 11.3. The quantitative estimate of drug-likeness (QED) is 0.681. The number of hydrogen-bond acceptors (Lipinski definition) is 4. The number of aromatic carboxylic acids is 1. The van der Waals surface area contributed by atoms with Crippen LogP contribution in [0.25, 0.3) is 17.0 Å². The lowest BCUT2D eigenvalue weighted by atomic mass is 10.0. The number of fused-ring (bicyclic) bond motifs is 1. The highest BCUT2D eigenvalue weighted by atomic mass is 16.5. The van der Waals surface area contributed by atoms with Crippen molar-refractivity contribution >= 4 is 28.9 Å². The summed E-state index contributed by atoms with van der Waals surface area (Å²) >= 11 is 0. The first kappa shape index (κ1) is 13.8. The minimum Gasteiger partial charge on any atom is -0.478 e. The molecule has 0 aliphatic carbocycles. The Bertz CT molecular complexity index is 728. The molecule has 0 atom stereocenters. The van der Waals surface area contributed by atoms with Gasteiger partial charge in [0.2, 0.25) is 0 Å². The van der Waals surface area contributed by atoms with Crippen LogP contribution in [0.4, 0.5) is 0 Å². The van der Waals surface area contributed by atoms with E-state index in [1.54, 1.807) is 19.2 Å². The smallest absolute Gasteiger partial charge is 0.337 e. The number of ether oxygens (including phenoxy) is 1. The molecular formula is C14H14N2O4. The molecule has 0 amide bonds. The largest absolute Gasteiger partial charge is 0.478 e. The second-order valence-electron chi connectivity index (χ2n) is 4.32. The molecule has 20 heavy (non-hydrogen) atoms. The van der Waals surface area contributed by atoms with Gasteiger partial charge in [0.1, 0.15) is 0 Å². The molecule has 1 N–H and O–H groups in total. The zero-order valence-corrected chi connectivity index (χ0v) is 11.4. The number of carbonyl (C=O) groups excluding carboxylic acids is 1. The van der Waals surface area contributed by atoms with Crippen LogP contribution >= 0.6 is 0 Å². The first-order valence-electron chi connectivity index (χ1n) is 5.91. The van der Waals surface area contributed by atoms with Crippen LogP contribution in [0.1, 0.15) is 21.6 Å². The molecule has 0 aliphatic rings. The fraction of sp³-hybridized carbons (Fsp3) is 0.214. The number of carboxylic acid groups (broad SMARTS) is 1. The molecule has 0 saturated carbocycles. The van der Waals surface area contributed by atoms with Gasteiger partial charge in [0.05, 0.1) is 23.9 Å². The summed E-state index contributed by atoms with van der Waals surface area (Å²) in [5.74, 6) is -1.50. The number of rotatable bonds is 3. The maximum atomic E-state index is 11.3. The Morgan fingerprint density at radius 1 is 1.40 bits per heavy atom. The summed E-state index contributed by atoms with van der Waals surface area (Å²) < 4.78 is 6.03. The number of nitrogens with zero attached hydrogens (tertiary/aromatic N) is 2. The predicted octanol–water partition coefficient (Wildman–Crippen LogP) is 1.77. The van der Waals surface area contributed by atoms with Crippen molar-refractivity contribution in [2.45, 2.75) is 6.92 Å². The van der Waals surface area contributed by atoms with E-state index in [0.717, 1.165) is 5.56 Å². The van der Waals surface area contributed by atoms with Gasteiger partial charge in [-0.2, -0.15) is 5.10 Å². The van der Waals surface area contributed by atoms with Crippen molar-refractivity contribution < 1.29 is 19.4 Å². The topological polar surface area (TPSA) is 81.4 Å². The zero-order valence-electron chi connectivity index (χ0n) is 11.4. The van der Waals surface area contributed by atoms with E-state index >= 15 is 0 Å². The van der Waals surface area contributed by atoms with Gasteiger partial charge < -0.3 is 9.84 Å². The van der Waals surface area contributed by atoms with Crippen molar-refractivity contribution in [2.24, 2.45) is 7.05 Å². The molecule has 0 fully saturated rings. The van der Waals surface area contributed by atoms with E-state index in [2.05, 4.69) is 9.84 Å². The first-order chi connectivity index (χ1) is 9.45. The number of aryl methyl sites for hydroxylation is 2. The summed E-state index contributed by atoms with van der Waals surface area (Å²) in [4.78, 5) is 22.4. The summed E-state index contributed by atoms with van der Waals surface area (Å²) in [6, 6.07) is 3.28. The van der Waals surface area contributed by atoms with Crippen LogP contribution in [0.3, 0.4) is 0 Å². The molecule has 0 radical (unpaired) electrons. The number of aromatic nitrogens is 2. The van der Waals surface area contributed by atoms with E-state index in [0.29, 0.717) is 16.6 Å². The lowest BCUT2D eigenvalue weighted by molar-refractivity contribution is -0.134. The fourth-order valence-electron chi connectivity index (χ4n) is 2.12. The Hall–Kier alpha value is -2.63. The summed E-state index contributed by atoms with van der Waals surface area (Å²) in [6.45, 7) is 1.87. The van der Waals surface area contributed by atoms with Crippen LogP contribution in [-0.2, 0) is 16.6 Å². The SMILES string of the molecule is COC(=O)/C=C/c1nn(C)c2c(C(=O)O)ccc(C)c12. The number of benzene rings is 1. The molecule has 6 heteroatoms. The Balaban J connectivity index is 2.70. The number of esters is 1. The standard InChI is InChI=1S/C14H14N2O4/c1-8-4-5-9(14(18)19)13-12(8)10(15-16(13)2)6-7-11(17)20-3/h4-7H,1-3H3,(H,18,19)/b7-6+. The van der Waals surface area contributed by atoms with Gasteiger partial charge in [0.15, 0.2) is 0 Å². The average Bonchev–Trinajstić information content (AvgIpc) is 2.74. The number of carboxylic acids is 1. The Morgan fingerprint density at radius 3 is 2.70 bits per heavy atom. The van der Waals surface area contributed by atoms with Crippen molar-refractivity contribution in [3.05, 3.63) is 35.0 Å². The molecule has 0 unspecified atom stereocenters. The van der Waals surface area contributed by atoms with E-state index in [1.807, 2.05) is 6.92 Å². The second-order valence-corrected chi connectivity index (χ2v) is 4.32. The molecule has 1 aromatic heterocycles. The number of hydrogen-bond donors (Lipinski definition) is 1. The van der Waals surface area contributed by atoms with Gasteiger partial charge in [-0.15, -0.1) is 0 Å². The van der Waals surface area contributed by atoms with Crippen molar-refractivity contribution in [1.29, 1.82) is 0 Å². The fourth-order valence-corrected chi connectivity index (χ4v) is 2.12. The van der Waals surface area contributed by atoms with Crippen molar-refractivity contribution in [3.63, 3.8) is 0 Å². The Kier molecular flexibility index (Phi) is 3.56. The van der Waals surface area contributed by atoms with Crippen molar-refractivity contribution in [3.8, 4) is 0 Å². The van der Waals surface area contributed by atoms with E-state index in [9.17, 15) is 14.7 Å². The van der Waals surface area contributed by atoms with Gasteiger partial charge >= 0.3 is 11.9 Å². The van der Waals surface area contributed by atoms with E-state index < -0.39 is 11.9 Å². The van der Waals surface area contributed by atoms with E-state index in [1.165, 1.54) is 23.9 Å². The zero-order chi connectivity index (χ0) is 14.9. The Labute approximate surface area is 115 Å².